The number of rotatable bonds is 10. The molecule has 2 aromatic rings. The second kappa shape index (κ2) is 10.6. The maximum Gasteiger partial charge on any atom is 0.305 e. The van der Waals surface area contributed by atoms with E-state index in [0.29, 0.717) is 36.9 Å². The molecule has 0 bridgehead atoms. The van der Waals surface area contributed by atoms with Crippen molar-refractivity contribution in [3.8, 4) is 0 Å². The average Bonchev–Trinajstić information content (AvgIpc) is 3.34. The van der Waals surface area contributed by atoms with Crippen molar-refractivity contribution in [2.24, 2.45) is 0 Å². The fourth-order valence-electron chi connectivity index (χ4n) is 2.51. The van der Waals surface area contributed by atoms with E-state index in [9.17, 15) is 9.59 Å². The van der Waals surface area contributed by atoms with Gasteiger partial charge in [0.15, 0.2) is 11.6 Å². The molecule has 154 valence electrons. The number of carbonyl (C=O) groups excluding carboxylic acids is 2. The fourth-order valence-corrected chi connectivity index (χ4v) is 2.51. The SMILES string of the molecule is CCN(CC)Cc1ccc(C(=O)NNC(=O)CCCc2nc(C(C)C)no2)o1. The highest BCUT2D eigenvalue weighted by molar-refractivity contribution is 5.92. The molecule has 0 aliphatic rings. The second-order valence-corrected chi connectivity index (χ2v) is 6.78. The Morgan fingerprint density at radius 2 is 1.93 bits per heavy atom. The van der Waals surface area contributed by atoms with Gasteiger partial charge >= 0.3 is 5.91 Å². The molecule has 2 N–H and O–H groups in total. The van der Waals surface area contributed by atoms with Crippen molar-refractivity contribution in [2.75, 3.05) is 13.1 Å². The molecule has 28 heavy (non-hydrogen) atoms. The maximum atomic E-state index is 12.1. The van der Waals surface area contributed by atoms with Crippen LogP contribution in [-0.2, 0) is 17.8 Å². The van der Waals surface area contributed by atoms with Crippen LogP contribution in [0.4, 0.5) is 0 Å². The number of nitrogens with one attached hydrogen (secondary N) is 2. The first-order chi connectivity index (χ1) is 13.4. The van der Waals surface area contributed by atoms with E-state index in [1.165, 1.54) is 0 Å². The van der Waals surface area contributed by atoms with Gasteiger partial charge in [-0.25, -0.2) is 0 Å². The van der Waals surface area contributed by atoms with Gasteiger partial charge in [0.2, 0.25) is 11.8 Å². The first-order valence-corrected chi connectivity index (χ1v) is 9.65. The van der Waals surface area contributed by atoms with Crippen LogP contribution >= 0.6 is 0 Å². The molecule has 0 aromatic carbocycles. The summed E-state index contributed by atoms with van der Waals surface area (Å²) in [4.78, 5) is 30.4. The molecule has 0 fully saturated rings. The van der Waals surface area contributed by atoms with Crippen molar-refractivity contribution in [1.82, 2.24) is 25.9 Å². The van der Waals surface area contributed by atoms with Crippen LogP contribution < -0.4 is 10.9 Å². The minimum Gasteiger partial charge on any atom is -0.454 e. The van der Waals surface area contributed by atoms with Gasteiger partial charge in [-0.3, -0.25) is 25.3 Å². The Kier molecular flexibility index (Phi) is 8.19. The molecule has 0 spiro atoms. The van der Waals surface area contributed by atoms with Gasteiger partial charge in [-0.15, -0.1) is 0 Å². The topological polar surface area (TPSA) is 114 Å². The van der Waals surface area contributed by atoms with E-state index in [1.54, 1.807) is 12.1 Å². The van der Waals surface area contributed by atoms with E-state index >= 15 is 0 Å². The van der Waals surface area contributed by atoms with Crippen LogP contribution in [0.15, 0.2) is 21.1 Å². The van der Waals surface area contributed by atoms with Crippen LogP contribution in [0.25, 0.3) is 0 Å². The highest BCUT2D eigenvalue weighted by Gasteiger charge is 2.14. The van der Waals surface area contributed by atoms with E-state index in [2.05, 4.69) is 39.7 Å². The number of amides is 2. The van der Waals surface area contributed by atoms with Gasteiger partial charge < -0.3 is 8.94 Å². The summed E-state index contributed by atoms with van der Waals surface area (Å²) in [5.74, 6) is 1.45. The quantitative estimate of drug-likeness (QED) is 0.598. The molecular weight excluding hydrogens is 362 g/mol. The second-order valence-electron chi connectivity index (χ2n) is 6.78. The summed E-state index contributed by atoms with van der Waals surface area (Å²) in [5, 5.41) is 3.88. The number of aryl methyl sites for hydroxylation is 1. The Morgan fingerprint density at radius 3 is 2.57 bits per heavy atom. The molecule has 0 unspecified atom stereocenters. The summed E-state index contributed by atoms with van der Waals surface area (Å²) in [7, 11) is 0. The monoisotopic (exact) mass is 391 g/mol. The van der Waals surface area contributed by atoms with Crippen molar-refractivity contribution >= 4 is 11.8 Å². The zero-order valence-corrected chi connectivity index (χ0v) is 16.9. The van der Waals surface area contributed by atoms with E-state index in [4.69, 9.17) is 8.94 Å². The van der Waals surface area contributed by atoms with Crippen molar-refractivity contribution in [1.29, 1.82) is 0 Å². The molecule has 0 aliphatic heterocycles. The fraction of sp³-hybridized carbons (Fsp3) is 0.579. The van der Waals surface area contributed by atoms with Crippen LogP contribution in [0.1, 0.15) is 74.5 Å². The normalized spacial score (nSPS) is 11.2. The van der Waals surface area contributed by atoms with Crippen LogP contribution in [-0.4, -0.2) is 39.9 Å². The van der Waals surface area contributed by atoms with Gasteiger partial charge in [-0.05, 0) is 31.6 Å². The summed E-state index contributed by atoms with van der Waals surface area (Å²) in [5.41, 5.74) is 4.75. The molecule has 0 saturated heterocycles. The van der Waals surface area contributed by atoms with E-state index in [0.717, 1.165) is 13.1 Å². The Morgan fingerprint density at radius 1 is 1.18 bits per heavy atom. The Balaban J connectivity index is 1.70. The van der Waals surface area contributed by atoms with Gasteiger partial charge in [-0.2, -0.15) is 4.98 Å². The molecule has 2 aromatic heterocycles. The standard InChI is InChI=1S/C19H29N5O4/c1-5-24(6-2)12-14-10-11-15(27-14)19(26)22-21-16(25)8-7-9-17-20-18(13(3)4)23-28-17/h10-11,13H,5-9,12H2,1-4H3,(H,21,25)(H,22,26). The molecule has 2 heterocycles. The van der Waals surface area contributed by atoms with Crippen molar-refractivity contribution < 1.29 is 18.5 Å². The minimum atomic E-state index is -0.488. The third-order valence-corrected chi connectivity index (χ3v) is 4.27. The van der Waals surface area contributed by atoms with Crippen LogP contribution in [0.2, 0.25) is 0 Å². The maximum absolute atomic E-state index is 12.1. The molecule has 0 saturated carbocycles. The third kappa shape index (κ3) is 6.49. The first kappa shape index (κ1) is 21.6. The minimum absolute atomic E-state index is 0.162. The predicted octanol–water partition coefficient (Wildman–Crippen LogP) is 2.41. The zero-order chi connectivity index (χ0) is 20.5. The Hall–Kier alpha value is -2.68. The highest BCUT2D eigenvalue weighted by atomic mass is 16.5. The molecule has 0 atom stereocenters. The number of furan rings is 1. The number of hydrazine groups is 1. The molecule has 0 radical (unpaired) electrons. The lowest BCUT2D eigenvalue weighted by molar-refractivity contribution is -0.121. The van der Waals surface area contributed by atoms with Crippen LogP contribution in [0.3, 0.4) is 0 Å². The van der Waals surface area contributed by atoms with Gasteiger partial charge in [0.05, 0.1) is 6.54 Å². The smallest absolute Gasteiger partial charge is 0.305 e. The summed E-state index contributed by atoms with van der Waals surface area (Å²) in [6.45, 7) is 10.5. The number of carbonyl (C=O) groups is 2. The molecule has 9 nitrogen and oxygen atoms in total. The number of nitrogens with zero attached hydrogens (tertiary/aromatic N) is 3. The summed E-state index contributed by atoms with van der Waals surface area (Å²) < 4.78 is 10.7. The number of aromatic nitrogens is 2. The molecular formula is C19H29N5O4. The van der Waals surface area contributed by atoms with Gasteiger partial charge in [0.1, 0.15) is 5.76 Å². The van der Waals surface area contributed by atoms with Crippen LogP contribution in [0, 0.1) is 0 Å². The number of hydrogen-bond acceptors (Lipinski definition) is 7. The lowest BCUT2D eigenvalue weighted by Crippen LogP contribution is -2.41. The highest BCUT2D eigenvalue weighted by Crippen LogP contribution is 2.12. The largest absolute Gasteiger partial charge is 0.454 e. The van der Waals surface area contributed by atoms with Gasteiger partial charge in [0.25, 0.3) is 0 Å². The summed E-state index contributed by atoms with van der Waals surface area (Å²) in [6, 6.07) is 3.37. The van der Waals surface area contributed by atoms with Crippen molar-refractivity contribution in [3.63, 3.8) is 0 Å². The van der Waals surface area contributed by atoms with Gasteiger partial charge in [0, 0.05) is 18.8 Å². The van der Waals surface area contributed by atoms with E-state index in [1.807, 2.05) is 13.8 Å². The molecule has 0 aliphatic carbocycles. The summed E-state index contributed by atoms with van der Waals surface area (Å²) >= 11 is 0. The Bertz CT molecular complexity index is 764. The average molecular weight is 391 g/mol. The number of hydrogen-bond donors (Lipinski definition) is 2. The lowest BCUT2D eigenvalue weighted by atomic mass is 10.2. The predicted molar refractivity (Wildman–Crippen MR) is 102 cm³/mol. The van der Waals surface area contributed by atoms with E-state index < -0.39 is 5.91 Å². The van der Waals surface area contributed by atoms with E-state index in [-0.39, 0.29) is 24.0 Å². The summed E-state index contributed by atoms with van der Waals surface area (Å²) in [6.07, 6.45) is 1.27. The van der Waals surface area contributed by atoms with Crippen molar-refractivity contribution in [2.45, 2.75) is 59.4 Å². The van der Waals surface area contributed by atoms with Gasteiger partial charge in [-0.1, -0.05) is 32.9 Å². The van der Waals surface area contributed by atoms with Crippen molar-refractivity contribution in [3.05, 3.63) is 35.4 Å². The zero-order valence-electron chi connectivity index (χ0n) is 16.9. The molecule has 2 amide bonds. The third-order valence-electron chi connectivity index (χ3n) is 4.27. The first-order valence-electron chi connectivity index (χ1n) is 9.65. The Labute approximate surface area is 164 Å². The van der Waals surface area contributed by atoms with Crippen LogP contribution in [0.5, 0.6) is 0 Å². The molecule has 9 heteroatoms. The lowest BCUT2D eigenvalue weighted by Gasteiger charge is -2.15. The molecule has 2 rings (SSSR count).